The van der Waals surface area contributed by atoms with E-state index in [4.69, 9.17) is 4.74 Å². The number of hydrogen-bond donors (Lipinski definition) is 1. The van der Waals surface area contributed by atoms with Crippen molar-refractivity contribution < 1.29 is 14.3 Å². The van der Waals surface area contributed by atoms with Crippen molar-refractivity contribution in [2.24, 2.45) is 0 Å². The van der Waals surface area contributed by atoms with Crippen molar-refractivity contribution >= 4 is 33.3 Å². The van der Waals surface area contributed by atoms with Gasteiger partial charge in [0.05, 0.1) is 11.9 Å². The number of nitrogens with one attached hydrogen (secondary N) is 1. The Kier molecular flexibility index (Phi) is 5.27. The van der Waals surface area contributed by atoms with Gasteiger partial charge in [0, 0.05) is 12.0 Å². The Hall–Kier alpha value is -2.80. The highest BCUT2D eigenvalue weighted by Gasteiger charge is 2.13. The van der Waals surface area contributed by atoms with Crippen molar-refractivity contribution in [3.05, 3.63) is 62.5 Å². The van der Waals surface area contributed by atoms with Crippen LogP contribution < -0.4 is 5.56 Å². The van der Waals surface area contributed by atoms with Crippen LogP contribution in [0.2, 0.25) is 0 Å². The minimum atomic E-state index is -0.503. The summed E-state index contributed by atoms with van der Waals surface area (Å²) in [5.74, 6) is -0.304. The Balaban J connectivity index is 1.56. The van der Waals surface area contributed by atoms with E-state index in [1.807, 2.05) is 32.0 Å². The maximum atomic E-state index is 12.3. The van der Waals surface area contributed by atoms with Gasteiger partial charge in [0.2, 0.25) is 0 Å². The fourth-order valence-corrected chi connectivity index (χ4v) is 3.32. The van der Waals surface area contributed by atoms with E-state index in [1.165, 1.54) is 11.3 Å². The molecule has 3 aromatic rings. The summed E-state index contributed by atoms with van der Waals surface area (Å²) in [6.45, 7) is 3.66. The van der Waals surface area contributed by atoms with Crippen LogP contribution >= 0.6 is 11.3 Å². The second-order valence-electron chi connectivity index (χ2n) is 6.05. The SMILES string of the molecule is Cc1ccc(C)c(C(=O)CCC(=O)OCc2nc3ccsc3c(=O)[nH]2)c1. The van der Waals surface area contributed by atoms with Crippen LogP contribution in [-0.2, 0) is 16.1 Å². The topological polar surface area (TPSA) is 89.1 Å². The van der Waals surface area contributed by atoms with E-state index >= 15 is 0 Å². The summed E-state index contributed by atoms with van der Waals surface area (Å²) >= 11 is 1.31. The summed E-state index contributed by atoms with van der Waals surface area (Å²) < 4.78 is 5.67. The molecule has 0 aliphatic heterocycles. The second-order valence-corrected chi connectivity index (χ2v) is 6.97. The smallest absolute Gasteiger partial charge is 0.306 e. The van der Waals surface area contributed by atoms with Crippen molar-refractivity contribution in [2.75, 3.05) is 0 Å². The third-order valence-corrected chi connectivity index (χ3v) is 4.89. The molecule has 0 spiro atoms. The van der Waals surface area contributed by atoms with E-state index in [-0.39, 0.29) is 36.6 Å². The molecule has 0 saturated carbocycles. The minimum absolute atomic E-state index is 0.0167. The van der Waals surface area contributed by atoms with Gasteiger partial charge in [-0.25, -0.2) is 4.98 Å². The molecule has 6 nitrogen and oxygen atoms in total. The Morgan fingerprint density at radius 3 is 2.81 bits per heavy atom. The van der Waals surface area contributed by atoms with Gasteiger partial charge in [-0.15, -0.1) is 11.3 Å². The largest absolute Gasteiger partial charge is 0.458 e. The fraction of sp³-hybridized carbons (Fsp3) is 0.263. The number of carbonyl (C=O) groups is 2. The van der Waals surface area contributed by atoms with E-state index in [0.717, 1.165) is 11.1 Å². The summed E-state index contributed by atoms with van der Waals surface area (Å²) in [6, 6.07) is 7.40. The zero-order valence-electron chi connectivity index (χ0n) is 14.5. The monoisotopic (exact) mass is 370 g/mol. The lowest BCUT2D eigenvalue weighted by molar-refractivity contribution is -0.145. The predicted molar refractivity (Wildman–Crippen MR) is 99.5 cm³/mol. The number of aryl methyl sites for hydroxylation is 2. The highest BCUT2D eigenvalue weighted by molar-refractivity contribution is 7.17. The third-order valence-electron chi connectivity index (χ3n) is 3.98. The average Bonchev–Trinajstić information content (AvgIpc) is 3.09. The molecule has 134 valence electrons. The number of ether oxygens (including phenoxy) is 1. The number of benzene rings is 1. The molecule has 0 amide bonds. The summed E-state index contributed by atoms with van der Waals surface area (Å²) in [6.07, 6.45) is 0.0633. The maximum absolute atomic E-state index is 12.3. The van der Waals surface area contributed by atoms with Crippen molar-refractivity contribution in [1.29, 1.82) is 0 Å². The number of fused-ring (bicyclic) bond motifs is 1. The molecule has 1 N–H and O–H groups in total. The first kappa shape index (κ1) is 18.0. The molecule has 0 aliphatic carbocycles. The standard InChI is InChI=1S/C19H18N2O4S/c1-11-3-4-12(2)13(9-11)15(22)5-6-17(23)25-10-16-20-14-7-8-26-18(14)19(24)21-16/h3-4,7-9H,5-6,10H2,1-2H3,(H,20,21,24). The first-order valence-electron chi connectivity index (χ1n) is 8.16. The number of rotatable bonds is 6. The first-order chi connectivity index (χ1) is 12.4. The number of hydrogen-bond acceptors (Lipinski definition) is 6. The lowest BCUT2D eigenvalue weighted by Gasteiger charge is -2.07. The number of nitrogens with zero attached hydrogens (tertiary/aromatic N) is 1. The highest BCUT2D eigenvalue weighted by Crippen LogP contribution is 2.15. The Bertz CT molecular complexity index is 1040. The average molecular weight is 370 g/mol. The third kappa shape index (κ3) is 4.05. The van der Waals surface area contributed by atoms with E-state index < -0.39 is 5.97 Å². The molecule has 7 heteroatoms. The molecular weight excluding hydrogens is 352 g/mol. The van der Waals surface area contributed by atoms with Crippen LogP contribution in [0.4, 0.5) is 0 Å². The van der Waals surface area contributed by atoms with Crippen LogP contribution in [0.1, 0.15) is 40.2 Å². The molecule has 0 radical (unpaired) electrons. The van der Waals surface area contributed by atoms with Gasteiger partial charge in [-0.05, 0) is 36.9 Å². The zero-order chi connectivity index (χ0) is 18.7. The molecule has 0 bridgehead atoms. The Labute approximate surface area is 153 Å². The van der Waals surface area contributed by atoms with Crippen molar-refractivity contribution in [3.63, 3.8) is 0 Å². The normalized spacial score (nSPS) is 10.8. The number of Topliss-reactive ketones (excluding diaryl/α,β-unsaturated/α-hetero) is 1. The summed E-state index contributed by atoms with van der Waals surface area (Å²) in [5.41, 5.74) is 2.85. The van der Waals surface area contributed by atoms with Gasteiger partial charge < -0.3 is 9.72 Å². The fourth-order valence-electron chi connectivity index (χ4n) is 2.60. The van der Waals surface area contributed by atoms with Gasteiger partial charge >= 0.3 is 5.97 Å². The molecule has 0 saturated heterocycles. The van der Waals surface area contributed by atoms with Crippen molar-refractivity contribution in [1.82, 2.24) is 9.97 Å². The Morgan fingerprint density at radius 1 is 1.19 bits per heavy atom. The second kappa shape index (κ2) is 7.61. The predicted octanol–water partition coefficient (Wildman–Crippen LogP) is 3.31. The minimum Gasteiger partial charge on any atom is -0.458 e. The summed E-state index contributed by atoms with van der Waals surface area (Å²) in [4.78, 5) is 42.9. The van der Waals surface area contributed by atoms with Gasteiger partial charge in [0.1, 0.15) is 17.1 Å². The van der Waals surface area contributed by atoms with Gasteiger partial charge in [-0.2, -0.15) is 0 Å². The first-order valence-corrected chi connectivity index (χ1v) is 9.04. The number of ketones is 1. The quantitative estimate of drug-likeness (QED) is 0.531. The van der Waals surface area contributed by atoms with Crippen molar-refractivity contribution in [2.45, 2.75) is 33.3 Å². The molecule has 0 fully saturated rings. The number of thiophene rings is 1. The molecule has 26 heavy (non-hydrogen) atoms. The molecule has 2 heterocycles. The lowest BCUT2D eigenvalue weighted by Crippen LogP contribution is -2.14. The van der Waals surface area contributed by atoms with Crippen LogP contribution in [0.25, 0.3) is 10.2 Å². The molecule has 0 aliphatic rings. The molecular formula is C19H18N2O4S. The Morgan fingerprint density at radius 2 is 2.00 bits per heavy atom. The van der Waals surface area contributed by atoms with E-state index in [0.29, 0.717) is 15.8 Å². The van der Waals surface area contributed by atoms with Crippen LogP contribution in [0.5, 0.6) is 0 Å². The van der Waals surface area contributed by atoms with Crippen LogP contribution in [0.15, 0.2) is 34.4 Å². The van der Waals surface area contributed by atoms with E-state index in [2.05, 4.69) is 9.97 Å². The molecule has 0 atom stereocenters. The van der Waals surface area contributed by atoms with Gasteiger partial charge in [0.25, 0.3) is 5.56 Å². The highest BCUT2D eigenvalue weighted by atomic mass is 32.1. The molecule has 3 rings (SSSR count). The number of aromatic amines is 1. The maximum Gasteiger partial charge on any atom is 0.306 e. The lowest BCUT2D eigenvalue weighted by atomic mass is 9.99. The van der Waals surface area contributed by atoms with Crippen molar-refractivity contribution in [3.8, 4) is 0 Å². The summed E-state index contributed by atoms with van der Waals surface area (Å²) in [7, 11) is 0. The van der Waals surface area contributed by atoms with Crippen LogP contribution in [-0.4, -0.2) is 21.7 Å². The zero-order valence-corrected chi connectivity index (χ0v) is 15.3. The molecule has 1 aromatic carbocycles. The number of H-pyrrole nitrogens is 1. The number of aromatic nitrogens is 2. The van der Waals surface area contributed by atoms with Crippen LogP contribution in [0.3, 0.4) is 0 Å². The molecule has 2 aromatic heterocycles. The summed E-state index contributed by atoms with van der Waals surface area (Å²) in [5, 5.41) is 1.78. The van der Waals surface area contributed by atoms with Crippen LogP contribution in [0, 0.1) is 13.8 Å². The van der Waals surface area contributed by atoms with E-state index in [9.17, 15) is 14.4 Å². The van der Waals surface area contributed by atoms with Gasteiger partial charge in [-0.3, -0.25) is 14.4 Å². The number of esters is 1. The van der Waals surface area contributed by atoms with Gasteiger partial charge in [-0.1, -0.05) is 17.7 Å². The molecule has 0 unspecified atom stereocenters. The van der Waals surface area contributed by atoms with Gasteiger partial charge in [0.15, 0.2) is 5.78 Å². The van der Waals surface area contributed by atoms with E-state index in [1.54, 1.807) is 11.4 Å². The number of carbonyl (C=O) groups excluding carboxylic acids is 2.